The standard InChI is InChI=1S/C28H22F3N3O3/c1-2-37-21-15-11-19(12-16-21)22(18-9-13-20(14-10-18)28(29,30)31)5-3-8-25(35)33-23-6-4-7-24-27(23)32-17-26(36)34-24/h3-17H,2H2,1H3,(H,33,35)(H,34,36)/b8-3+,22-5-. The molecular formula is C28H22F3N3O3. The first-order chi connectivity index (χ1) is 17.7. The van der Waals surface area contributed by atoms with Gasteiger partial charge in [0.1, 0.15) is 11.3 Å². The number of hydrogen-bond donors (Lipinski definition) is 2. The summed E-state index contributed by atoms with van der Waals surface area (Å²) in [6.07, 6.45) is 1.14. The minimum Gasteiger partial charge on any atom is -0.494 e. The number of nitrogens with one attached hydrogen (secondary N) is 2. The number of rotatable bonds is 7. The second-order valence-electron chi connectivity index (χ2n) is 7.91. The van der Waals surface area contributed by atoms with Gasteiger partial charge in [-0.3, -0.25) is 9.59 Å². The Morgan fingerprint density at radius 1 is 1.03 bits per heavy atom. The first-order valence-corrected chi connectivity index (χ1v) is 11.3. The Labute approximate surface area is 210 Å². The van der Waals surface area contributed by atoms with Crippen molar-refractivity contribution in [2.24, 2.45) is 0 Å². The number of ether oxygens (including phenoxy) is 1. The van der Waals surface area contributed by atoms with Crippen LogP contribution in [0.25, 0.3) is 16.6 Å². The summed E-state index contributed by atoms with van der Waals surface area (Å²) in [7, 11) is 0. The average molecular weight is 505 g/mol. The molecule has 0 saturated heterocycles. The molecule has 6 nitrogen and oxygen atoms in total. The summed E-state index contributed by atoms with van der Waals surface area (Å²) in [5.41, 5.74) is 2.12. The summed E-state index contributed by atoms with van der Waals surface area (Å²) >= 11 is 0. The van der Waals surface area contributed by atoms with Crippen molar-refractivity contribution in [2.45, 2.75) is 13.1 Å². The van der Waals surface area contributed by atoms with Crippen LogP contribution < -0.4 is 15.6 Å². The molecule has 9 heteroatoms. The van der Waals surface area contributed by atoms with Gasteiger partial charge in [0.15, 0.2) is 0 Å². The lowest BCUT2D eigenvalue weighted by molar-refractivity contribution is -0.137. The number of fused-ring (bicyclic) bond motifs is 1. The molecule has 0 unspecified atom stereocenters. The molecule has 0 bridgehead atoms. The molecule has 0 aliphatic rings. The highest BCUT2D eigenvalue weighted by Crippen LogP contribution is 2.32. The fraction of sp³-hybridized carbons (Fsp3) is 0.107. The fourth-order valence-electron chi connectivity index (χ4n) is 3.67. The van der Waals surface area contributed by atoms with E-state index in [9.17, 15) is 22.8 Å². The third kappa shape index (κ3) is 6.32. The molecule has 2 N–H and O–H groups in total. The van der Waals surface area contributed by atoms with Crippen LogP contribution in [0.3, 0.4) is 0 Å². The lowest BCUT2D eigenvalue weighted by atomic mass is 9.96. The fourth-order valence-corrected chi connectivity index (χ4v) is 3.67. The van der Waals surface area contributed by atoms with Crippen LogP contribution >= 0.6 is 0 Å². The molecule has 37 heavy (non-hydrogen) atoms. The van der Waals surface area contributed by atoms with Crippen LogP contribution in [0.5, 0.6) is 5.75 Å². The number of H-pyrrole nitrogens is 1. The molecule has 0 aliphatic carbocycles. The van der Waals surface area contributed by atoms with Crippen LogP contribution in [-0.4, -0.2) is 22.5 Å². The smallest absolute Gasteiger partial charge is 0.416 e. The Hall–Kier alpha value is -4.66. The Kier molecular flexibility index (Phi) is 7.52. The van der Waals surface area contributed by atoms with Crippen molar-refractivity contribution in [2.75, 3.05) is 11.9 Å². The van der Waals surface area contributed by atoms with Crippen LogP contribution in [0.15, 0.2) is 95.9 Å². The van der Waals surface area contributed by atoms with Gasteiger partial charge in [-0.05, 0) is 60.0 Å². The minimum atomic E-state index is -4.44. The lowest BCUT2D eigenvalue weighted by Crippen LogP contribution is -2.10. The Bertz CT molecular complexity index is 1520. The van der Waals surface area contributed by atoms with Gasteiger partial charge < -0.3 is 15.0 Å². The van der Waals surface area contributed by atoms with Gasteiger partial charge in [-0.1, -0.05) is 42.5 Å². The van der Waals surface area contributed by atoms with E-state index >= 15 is 0 Å². The van der Waals surface area contributed by atoms with E-state index in [0.717, 1.165) is 23.9 Å². The number of aromatic nitrogens is 2. The molecule has 1 amide bonds. The number of para-hydroxylation sites is 1. The number of nitrogens with zero attached hydrogens (tertiary/aromatic N) is 1. The monoisotopic (exact) mass is 505 g/mol. The molecule has 4 rings (SSSR count). The van der Waals surface area contributed by atoms with Crippen molar-refractivity contribution in [3.63, 3.8) is 0 Å². The largest absolute Gasteiger partial charge is 0.494 e. The number of alkyl halides is 3. The summed E-state index contributed by atoms with van der Waals surface area (Å²) in [6.45, 7) is 2.37. The Morgan fingerprint density at radius 3 is 2.35 bits per heavy atom. The van der Waals surface area contributed by atoms with E-state index in [4.69, 9.17) is 4.74 Å². The Balaban J connectivity index is 1.61. The van der Waals surface area contributed by atoms with Gasteiger partial charge in [0, 0.05) is 6.08 Å². The number of anilines is 1. The number of aromatic amines is 1. The molecule has 1 heterocycles. The first-order valence-electron chi connectivity index (χ1n) is 11.3. The van der Waals surface area contributed by atoms with Gasteiger partial charge in [-0.25, -0.2) is 4.98 Å². The second kappa shape index (κ2) is 10.9. The summed E-state index contributed by atoms with van der Waals surface area (Å²) in [5.74, 6) is 0.216. The van der Waals surface area contributed by atoms with Crippen LogP contribution in [0.2, 0.25) is 0 Å². The third-order valence-electron chi connectivity index (χ3n) is 5.37. The number of benzene rings is 3. The highest BCUT2D eigenvalue weighted by Gasteiger charge is 2.30. The predicted octanol–water partition coefficient (Wildman–Crippen LogP) is 5.97. The SMILES string of the molecule is CCOc1ccc(/C(=C\C=C\C(=O)Nc2cccc3[nH]c(=O)cnc23)c2ccc(C(F)(F)F)cc2)cc1. The van der Waals surface area contributed by atoms with E-state index in [-0.39, 0.29) is 5.56 Å². The highest BCUT2D eigenvalue weighted by atomic mass is 19.4. The van der Waals surface area contributed by atoms with Gasteiger partial charge in [0.05, 0.1) is 29.6 Å². The van der Waals surface area contributed by atoms with E-state index < -0.39 is 17.6 Å². The third-order valence-corrected chi connectivity index (χ3v) is 5.37. The van der Waals surface area contributed by atoms with Crippen LogP contribution in [0, 0.1) is 0 Å². The molecule has 0 atom stereocenters. The first kappa shape index (κ1) is 25.4. The number of amides is 1. The van der Waals surface area contributed by atoms with Crippen LogP contribution in [0.4, 0.5) is 18.9 Å². The average Bonchev–Trinajstić information content (AvgIpc) is 2.87. The zero-order valence-corrected chi connectivity index (χ0v) is 19.7. The van der Waals surface area contributed by atoms with Crippen LogP contribution in [0.1, 0.15) is 23.6 Å². The topological polar surface area (TPSA) is 84.1 Å². The van der Waals surface area contributed by atoms with Gasteiger partial charge in [-0.15, -0.1) is 0 Å². The molecule has 1 aromatic heterocycles. The van der Waals surface area contributed by atoms with E-state index in [1.807, 2.05) is 6.92 Å². The van der Waals surface area contributed by atoms with Crippen LogP contribution in [-0.2, 0) is 11.0 Å². The molecule has 0 fully saturated rings. The van der Waals surface area contributed by atoms with Gasteiger partial charge in [0.2, 0.25) is 5.91 Å². The predicted molar refractivity (Wildman–Crippen MR) is 136 cm³/mol. The molecule has 188 valence electrons. The zero-order chi connectivity index (χ0) is 26.4. The van der Waals surface area contributed by atoms with E-state index in [1.165, 1.54) is 24.3 Å². The molecule has 4 aromatic rings. The number of allylic oxidation sites excluding steroid dienone is 2. The van der Waals surface area contributed by atoms with Crippen molar-refractivity contribution in [3.05, 3.63) is 118 Å². The second-order valence-corrected chi connectivity index (χ2v) is 7.91. The number of hydrogen-bond acceptors (Lipinski definition) is 4. The minimum absolute atomic E-state index is 0.355. The normalized spacial score (nSPS) is 12.2. The maximum absolute atomic E-state index is 13.0. The van der Waals surface area contributed by atoms with E-state index in [1.54, 1.807) is 48.5 Å². The van der Waals surface area contributed by atoms with Crippen molar-refractivity contribution in [1.82, 2.24) is 9.97 Å². The Morgan fingerprint density at radius 2 is 1.70 bits per heavy atom. The molecule has 0 radical (unpaired) electrons. The van der Waals surface area contributed by atoms with Crippen molar-refractivity contribution in [3.8, 4) is 5.75 Å². The van der Waals surface area contributed by atoms with Crippen molar-refractivity contribution < 1.29 is 22.7 Å². The van der Waals surface area contributed by atoms with Gasteiger partial charge >= 0.3 is 6.18 Å². The molecular weight excluding hydrogens is 483 g/mol. The molecule has 0 aliphatic heterocycles. The maximum atomic E-state index is 13.0. The lowest BCUT2D eigenvalue weighted by Gasteiger charge is -2.12. The van der Waals surface area contributed by atoms with Crippen molar-refractivity contribution >= 4 is 28.2 Å². The molecule has 0 saturated carbocycles. The molecule has 0 spiro atoms. The van der Waals surface area contributed by atoms with Gasteiger partial charge in [0.25, 0.3) is 5.56 Å². The number of halogens is 3. The van der Waals surface area contributed by atoms with E-state index in [0.29, 0.717) is 40.2 Å². The number of carbonyl (C=O) groups excluding carboxylic acids is 1. The van der Waals surface area contributed by atoms with Gasteiger partial charge in [-0.2, -0.15) is 13.2 Å². The highest BCUT2D eigenvalue weighted by molar-refractivity contribution is 6.04. The quantitative estimate of drug-likeness (QED) is 0.240. The van der Waals surface area contributed by atoms with Crippen molar-refractivity contribution in [1.29, 1.82) is 0 Å². The summed E-state index contributed by atoms with van der Waals surface area (Å²) < 4.78 is 44.6. The summed E-state index contributed by atoms with van der Waals surface area (Å²) in [5, 5.41) is 2.72. The summed E-state index contributed by atoms with van der Waals surface area (Å²) in [6, 6.07) is 17.0. The van der Waals surface area contributed by atoms with E-state index in [2.05, 4.69) is 15.3 Å². The number of carbonyl (C=O) groups is 1. The zero-order valence-electron chi connectivity index (χ0n) is 19.7. The summed E-state index contributed by atoms with van der Waals surface area (Å²) in [4.78, 5) is 30.8. The molecule has 3 aromatic carbocycles. The maximum Gasteiger partial charge on any atom is 0.416 e.